The monoisotopic (exact) mass is 377 g/mol. The van der Waals surface area contributed by atoms with Crippen molar-refractivity contribution in [3.05, 3.63) is 52.3 Å². The summed E-state index contributed by atoms with van der Waals surface area (Å²) in [6.45, 7) is 1.70. The van der Waals surface area contributed by atoms with Crippen LogP contribution in [0.5, 0.6) is 0 Å². The van der Waals surface area contributed by atoms with Gasteiger partial charge in [-0.2, -0.15) is 5.10 Å². The lowest BCUT2D eigenvalue weighted by Crippen LogP contribution is -2.39. The molecular formula is C17H24BrN5. The number of halogens is 1. The molecule has 0 fully saturated rings. The Hall–Kier alpha value is -1.82. The Morgan fingerprint density at radius 2 is 2.17 bits per heavy atom. The van der Waals surface area contributed by atoms with Crippen molar-refractivity contribution in [2.75, 3.05) is 20.6 Å². The highest BCUT2D eigenvalue weighted by Crippen LogP contribution is 2.17. The molecule has 0 bridgehead atoms. The molecule has 2 rings (SSSR count). The van der Waals surface area contributed by atoms with E-state index in [1.165, 1.54) is 11.1 Å². The lowest BCUT2D eigenvalue weighted by Gasteiger charge is -2.22. The van der Waals surface area contributed by atoms with Crippen LogP contribution in [0.4, 0.5) is 0 Å². The van der Waals surface area contributed by atoms with Gasteiger partial charge in [0.15, 0.2) is 5.96 Å². The molecule has 0 aliphatic heterocycles. The number of nitrogens with one attached hydrogen (secondary N) is 1. The van der Waals surface area contributed by atoms with Gasteiger partial charge in [-0.15, -0.1) is 0 Å². The number of aromatic nitrogens is 2. The first-order valence-electron chi connectivity index (χ1n) is 7.73. The Morgan fingerprint density at radius 3 is 2.83 bits per heavy atom. The quantitative estimate of drug-likeness (QED) is 0.478. The fourth-order valence-electron chi connectivity index (χ4n) is 2.44. The molecule has 124 valence electrons. The minimum atomic E-state index is 0.809. The lowest BCUT2D eigenvalue weighted by molar-refractivity contribution is 0.475. The van der Waals surface area contributed by atoms with Gasteiger partial charge < -0.3 is 10.2 Å². The molecule has 1 aromatic carbocycles. The molecular weight excluding hydrogens is 354 g/mol. The average molecular weight is 378 g/mol. The Kier molecular flexibility index (Phi) is 6.65. The van der Waals surface area contributed by atoms with Crippen molar-refractivity contribution in [1.29, 1.82) is 0 Å². The molecule has 0 aliphatic carbocycles. The van der Waals surface area contributed by atoms with Gasteiger partial charge in [-0.1, -0.05) is 34.1 Å². The maximum Gasteiger partial charge on any atom is 0.193 e. The summed E-state index contributed by atoms with van der Waals surface area (Å²) in [5.41, 5.74) is 2.51. The molecule has 6 heteroatoms. The zero-order valence-corrected chi connectivity index (χ0v) is 15.5. The van der Waals surface area contributed by atoms with Crippen LogP contribution in [0.25, 0.3) is 0 Å². The molecule has 0 radical (unpaired) electrons. The van der Waals surface area contributed by atoms with Gasteiger partial charge in [0, 0.05) is 44.9 Å². The molecule has 2 aromatic rings. The van der Waals surface area contributed by atoms with Gasteiger partial charge in [0.2, 0.25) is 0 Å². The first-order valence-corrected chi connectivity index (χ1v) is 8.52. The molecule has 1 N–H and O–H groups in total. The van der Waals surface area contributed by atoms with Crippen molar-refractivity contribution in [1.82, 2.24) is 20.0 Å². The number of rotatable bonds is 6. The number of aryl methyl sites for hydroxylation is 2. The summed E-state index contributed by atoms with van der Waals surface area (Å²) < 4.78 is 2.96. The van der Waals surface area contributed by atoms with Crippen LogP contribution in [-0.4, -0.2) is 41.3 Å². The van der Waals surface area contributed by atoms with Gasteiger partial charge in [0.1, 0.15) is 0 Å². The standard InChI is InChI=1S/C17H24BrN5/c1-19-17(20-10-6-7-14-11-21-23(3)12-14)22(2)13-15-8-4-5-9-16(15)18/h4-5,8-9,11-12H,6-7,10,13H2,1-3H3,(H,19,20). The summed E-state index contributed by atoms with van der Waals surface area (Å²) >= 11 is 3.59. The number of benzene rings is 1. The second-order valence-corrected chi connectivity index (χ2v) is 6.40. The molecule has 5 nitrogen and oxygen atoms in total. The van der Waals surface area contributed by atoms with E-state index in [0.717, 1.165) is 36.4 Å². The lowest BCUT2D eigenvalue weighted by atomic mass is 10.2. The number of guanidine groups is 1. The molecule has 0 atom stereocenters. The van der Waals surface area contributed by atoms with Crippen molar-refractivity contribution in [2.45, 2.75) is 19.4 Å². The highest BCUT2D eigenvalue weighted by Gasteiger charge is 2.08. The third kappa shape index (κ3) is 5.39. The Morgan fingerprint density at radius 1 is 1.39 bits per heavy atom. The minimum Gasteiger partial charge on any atom is -0.356 e. The van der Waals surface area contributed by atoms with Gasteiger partial charge in [0.25, 0.3) is 0 Å². The number of aliphatic imine (C=N–C) groups is 1. The zero-order chi connectivity index (χ0) is 16.7. The Labute approximate surface area is 146 Å². The van der Waals surface area contributed by atoms with Crippen molar-refractivity contribution < 1.29 is 0 Å². The van der Waals surface area contributed by atoms with E-state index in [1.54, 1.807) is 0 Å². The highest BCUT2D eigenvalue weighted by molar-refractivity contribution is 9.10. The molecule has 1 heterocycles. The molecule has 0 aliphatic rings. The van der Waals surface area contributed by atoms with E-state index in [0.29, 0.717) is 0 Å². The van der Waals surface area contributed by atoms with Gasteiger partial charge in [-0.3, -0.25) is 9.67 Å². The van der Waals surface area contributed by atoms with Crippen LogP contribution in [0, 0.1) is 0 Å². The summed E-state index contributed by atoms with van der Waals surface area (Å²) in [5, 5.41) is 7.61. The average Bonchev–Trinajstić information content (AvgIpc) is 2.95. The molecule has 0 saturated heterocycles. The van der Waals surface area contributed by atoms with Gasteiger partial charge in [0.05, 0.1) is 6.20 Å². The van der Waals surface area contributed by atoms with E-state index in [-0.39, 0.29) is 0 Å². The van der Waals surface area contributed by atoms with Crippen LogP contribution in [0.15, 0.2) is 46.1 Å². The van der Waals surface area contributed by atoms with Crippen LogP contribution < -0.4 is 5.32 Å². The predicted molar refractivity (Wildman–Crippen MR) is 98.5 cm³/mol. The maximum atomic E-state index is 4.36. The third-order valence-electron chi connectivity index (χ3n) is 3.62. The first-order chi connectivity index (χ1) is 11.1. The fourth-order valence-corrected chi connectivity index (χ4v) is 2.85. The normalized spacial score (nSPS) is 11.6. The molecule has 0 unspecified atom stereocenters. The van der Waals surface area contributed by atoms with E-state index in [2.05, 4.69) is 67.7 Å². The number of nitrogens with zero attached hydrogens (tertiary/aromatic N) is 4. The summed E-state index contributed by atoms with van der Waals surface area (Å²) in [4.78, 5) is 6.49. The number of hydrogen-bond donors (Lipinski definition) is 1. The molecule has 0 amide bonds. The summed E-state index contributed by atoms with van der Waals surface area (Å²) in [6.07, 6.45) is 6.06. The summed E-state index contributed by atoms with van der Waals surface area (Å²) in [6, 6.07) is 8.26. The van der Waals surface area contributed by atoms with E-state index >= 15 is 0 Å². The second kappa shape index (κ2) is 8.72. The molecule has 1 aromatic heterocycles. The maximum absolute atomic E-state index is 4.36. The van der Waals surface area contributed by atoms with E-state index < -0.39 is 0 Å². The summed E-state index contributed by atoms with van der Waals surface area (Å²) in [7, 11) is 5.82. The van der Waals surface area contributed by atoms with Crippen molar-refractivity contribution in [3.8, 4) is 0 Å². The van der Waals surface area contributed by atoms with Gasteiger partial charge >= 0.3 is 0 Å². The van der Waals surface area contributed by atoms with E-state index in [4.69, 9.17) is 0 Å². The van der Waals surface area contributed by atoms with Crippen molar-refractivity contribution in [2.24, 2.45) is 12.0 Å². The summed E-state index contributed by atoms with van der Waals surface area (Å²) in [5.74, 6) is 0.909. The van der Waals surface area contributed by atoms with Crippen LogP contribution in [0.3, 0.4) is 0 Å². The van der Waals surface area contributed by atoms with Crippen LogP contribution in [0.1, 0.15) is 17.5 Å². The van der Waals surface area contributed by atoms with Gasteiger partial charge in [-0.05, 0) is 30.0 Å². The highest BCUT2D eigenvalue weighted by atomic mass is 79.9. The smallest absolute Gasteiger partial charge is 0.193 e. The predicted octanol–water partition coefficient (Wildman–Crippen LogP) is 2.82. The van der Waals surface area contributed by atoms with Crippen molar-refractivity contribution in [3.63, 3.8) is 0 Å². The topological polar surface area (TPSA) is 45.5 Å². The SMILES string of the molecule is CN=C(NCCCc1cnn(C)c1)N(C)Cc1ccccc1Br. The largest absolute Gasteiger partial charge is 0.356 e. The molecule has 0 saturated carbocycles. The number of hydrogen-bond acceptors (Lipinski definition) is 2. The first kappa shape index (κ1) is 17.5. The van der Waals surface area contributed by atoms with Crippen LogP contribution in [0.2, 0.25) is 0 Å². The Bertz CT molecular complexity index is 650. The second-order valence-electron chi connectivity index (χ2n) is 5.55. The van der Waals surface area contributed by atoms with Crippen LogP contribution >= 0.6 is 15.9 Å². The van der Waals surface area contributed by atoms with Gasteiger partial charge in [-0.25, -0.2) is 0 Å². The third-order valence-corrected chi connectivity index (χ3v) is 4.40. The molecule has 0 spiro atoms. The Balaban J connectivity index is 1.79. The molecule has 23 heavy (non-hydrogen) atoms. The fraction of sp³-hybridized carbons (Fsp3) is 0.412. The van der Waals surface area contributed by atoms with E-state index in [9.17, 15) is 0 Å². The van der Waals surface area contributed by atoms with E-state index in [1.807, 2.05) is 31.0 Å². The van der Waals surface area contributed by atoms with Crippen molar-refractivity contribution >= 4 is 21.9 Å². The van der Waals surface area contributed by atoms with Crippen LogP contribution in [-0.2, 0) is 20.0 Å². The zero-order valence-electron chi connectivity index (χ0n) is 14.0. The minimum absolute atomic E-state index is 0.809.